The van der Waals surface area contributed by atoms with Crippen LogP contribution in [0, 0.1) is 24.4 Å². The Bertz CT molecular complexity index is 611. The molecule has 18 heavy (non-hydrogen) atoms. The Morgan fingerprint density at radius 3 is 2.22 bits per heavy atom. The first-order valence-electron chi connectivity index (χ1n) is 5.12. The summed E-state index contributed by atoms with van der Waals surface area (Å²) >= 11 is 0. The molecule has 94 valence electrons. The molecule has 0 unspecified atom stereocenters. The number of hydrogen-bond acceptors (Lipinski definition) is 2. The lowest BCUT2D eigenvalue weighted by molar-refractivity contribution is 0.101. The third kappa shape index (κ3) is 1.90. The minimum atomic E-state index is -1.53. The third-order valence-electron chi connectivity index (χ3n) is 2.60. The highest BCUT2D eigenvalue weighted by atomic mass is 19.2. The van der Waals surface area contributed by atoms with Crippen molar-refractivity contribution in [1.82, 2.24) is 9.78 Å². The molecule has 2 aromatic rings. The Labute approximate surface area is 101 Å². The van der Waals surface area contributed by atoms with Gasteiger partial charge in [0.05, 0.1) is 23.1 Å². The van der Waals surface area contributed by atoms with Gasteiger partial charge in [-0.05, 0) is 13.8 Å². The lowest BCUT2D eigenvalue weighted by Gasteiger charge is -2.06. The first-order valence-corrected chi connectivity index (χ1v) is 5.12. The van der Waals surface area contributed by atoms with Crippen molar-refractivity contribution >= 4 is 5.78 Å². The largest absolute Gasteiger partial charge is 0.294 e. The summed E-state index contributed by atoms with van der Waals surface area (Å²) in [5.74, 6) is -4.34. The molecule has 1 aromatic carbocycles. The van der Waals surface area contributed by atoms with Crippen LogP contribution in [0.4, 0.5) is 13.2 Å². The number of carbonyl (C=O) groups excluding carboxylic acids is 1. The number of aromatic nitrogens is 2. The maximum Gasteiger partial charge on any atom is 0.194 e. The number of Topliss-reactive ketones (excluding diaryl/α,β-unsaturated/α-hetero) is 1. The summed E-state index contributed by atoms with van der Waals surface area (Å²) in [6, 6.07) is 1.64. The predicted octanol–water partition coefficient (Wildman–Crippen LogP) is 2.80. The van der Waals surface area contributed by atoms with E-state index in [0.29, 0.717) is 11.3 Å². The first-order chi connectivity index (χ1) is 8.41. The van der Waals surface area contributed by atoms with Gasteiger partial charge in [-0.1, -0.05) is 0 Å². The van der Waals surface area contributed by atoms with E-state index in [2.05, 4.69) is 5.10 Å². The summed E-state index contributed by atoms with van der Waals surface area (Å²) in [5, 5.41) is 3.86. The van der Waals surface area contributed by atoms with Gasteiger partial charge in [0.1, 0.15) is 0 Å². The van der Waals surface area contributed by atoms with E-state index in [4.69, 9.17) is 0 Å². The SMILES string of the molecule is CC(=O)c1cnn(-c2cc(F)c(F)c(F)c2)c1C. The van der Waals surface area contributed by atoms with Crippen LogP contribution in [0.5, 0.6) is 0 Å². The van der Waals surface area contributed by atoms with Gasteiger partial charge in [-0.3, -0.25) is 4.79 Å². The Hall–Kier alpha value is -2.11. The lowest BCUT2D eigenvalue weighted by atomic mass is 10.2. The molecule has 0 aliphatic rings. The van der Waals surface area contributed by atoms with Crippen molar-refractivity contribution in [3.8, 4) is 5.69 Å². The van der Waals surface area contributed by atoms with Crippen LogP contribution in [0.1, 0.15) is 23.0 Å². The van der Waals surface area contributed by atoms with Gasteiger partial charge in [-0.25, -0.2) is 17.9 Å². The average molecular weight is 254 g/mol. The summed E-state index contributed by atoms with van der Waals surface area (Å²) in [7, 11) is 0. The number of rotatable bonds is 2. The minimum Gasteiger partial charge on any atom is -0.294 e. The normalized spacial score (nSPS) is 10.7. The zero-order chi connectivity index (χ0) is 13.4. The van der Waals surface area contributed by atoms with E-state index in [9.17, 15) is 18.0 Å². The summed E-state index contributed by atoms with van der Waals surface area (Å²) < 4.78 is 40.2. The Kier molecular flexibility index (Phi) is 2.94. The van der Waals surface area contributed by atoms with Crippen LogP contribution in [-0.4, -0.2) is 15.6 Å². The maximum absolute atomic E-state index is 13.1. The molecular formula is C12H9F3N2O. The fourth-order valence-electron chi connectivity index (χ4n) is 1.68. The van der Waals surface area contributed by atoms with Crippen molar-refractivity contribution in [1.29, 1.82) is 0 Å². The molecule has 0 spiro atoms. The number of benzene rings is 1. The van der Waals surface area contributed by atoms with Crippen LogP contribution in [0.25, 0.3) is 5.69 Å². The van der Waals surface area contributed by atoms with Crippen molar-refractivity contribution in [3.63, 3.8) is 0 Å². The molecule has 2 rings (SSSR count). The van der Waals surface area contributed by atoms with Crippen LogP contribution < -0.4 is 0 Å². The van der Waals surface area contributed by atoms with Crippen molar-refractivity contribution < 1.29 is 18.0 Å². The van der Waals surface area contributed by atoms with Gasteiger partial charge in [0.25, 0.3) is 0 Å². The van der Waals surface area contributed by atoms with E-state index in [-0.39, 0.29) is 11.5 Å². The lowest BCUT2D eigenvalue weighted by Crippen LogP contribution is -2.03. The highest BCUT2D eigenvalue weighted by Gasteiger charge is 2.15. The van der Waals surface area contributed by atoms with Gasteiger partial charge < -0.3 is 0 Å². The van der Waals surface area contributed by atoms with E-state index in [1.165, 1.54) is 17.8 Å². The zero-order valence-corrected chi connectivity index (χ0v) is 9.67. The molecule has 0 saturated carbocycles. The smallest absolute Gasteiger partial charge is 0.194 e. The van der Waals surface area contributed by atoms with Crippen LogP contribution in [-0.2, 0) is 0 Å². The highest BCUT2D eigenvalue weighted by molar-refractivity contribution is 5.95. The second-order valence-electron chi connectivity index (χ2n) is 3.84. The average Bonchev–Trinajstić information content (AvgIpc) is 2.67. The van der Waals surface area contributed by atoms with E-state index >= 15 is 0 Å². The molecule has 0 aliphatic heterocycles. The summed E-state index contributed by atoms with van der Waals surface area (Å²) in [6.07, 6.45) is 1.30. The quantitative estimate of drug-likeness (QED) is 0.610. The van der Waals surface area contributed by atoms with Gasteiger partial charge in [-0.15, -0.1) is 0 Å². The highest BCUT2D eigenvalue weighted by Crippen LogP contribution is 2.19. The number of ketones is 1. The molecule has 0 atom stereocenters. The molecule has 0 bridgehead atoms. The van der Waals surface area contributed by atoms with Crippen molar-refractivity contribution in [2.24, 2.45) is 0 Å². The first kappa shape index (κ1) is 12.3. The fraction of sp³-hybridized carbons (Fsp3) is 0.167. The van der Waals surface area contributed by atoms with E-state index < -0.39 is 17.5 Å². The predicted molar refractivity (Wildman–Crippen MR) is 58.2 cm³/mol. The van der Waals surface area contributed by atoms with Gasteiger partial charge in [-0.2, -0.15) is 5.10 Å². The minimum absolute atomic E-state index is 0.0244. The van der Waals surface area contributed by atoms with Crippen LogP contribution in [0.2, 0.25) is 0 Å². The van der Waals surface area contributed by atoms with Gasteiger partial charge in [0.15, 0.2) is 23.2 Å². The second-order valence-corrected chi connectivity index (χ2v) is 3.84. The molecule has 0 radical (unpaired) electrons. The van der Waals surface area contributed by atoms with Crippen molar-refractivity contribution in [2.45, 2.75) is 13.8 Å². The van der Waals surface area contributed by atoms with Crippen LogP contribution >= 0.6 is 0 Å². The summed E-state index contributed by atoms with van der Waals surface area (Å²) in [5.41, 5.74) is 0.810. The van der Waals surface area contributed by atoms with Gasteiger partial charge in [0.2, 0.25) is 0 Å². The molecule has 1 heterocycles. The molecule has 0 saturated heterocycles. The Morgan fingerprint density at radius 1 is 1.22 bits per heavy atom. The molecule has 1 aromatic heterocycles. The number of halogens is 3. The van der Waals surface area contributed by atoms with Gasteiger partial charge in [0, 0.05) is 12.1 Å². The number of carbonyl (C=O) groups is 1. The van der Waals surface area contributed by atoms with Crippen molar-refractivity contribution in [3.05, 3.63) is 47.0 Å². The van der Waals surface area contributed by atoms with E-state index in [1.807, 2.05) is 0 Å². The molecular weight excluding hydrogens is 245 g/mol. The second kappa shape index (κ2) is 4.29. The van der Waals surface area contributed by atoms with Crippen LogP contribution in [0.15, 0.2) is 18.3 Å². The zero-order valence-electron chi connectivity index (χ0n) is 9.67. The fourth-order valence-corrected chi connectivity index (χ4v) is 1.68. The monoisotopic (exact) mass is 254 g/mol. The Balaban J connectivity index is 2.59. The van der Waals surface area contributed by atoms with Gasteiger partial charge >= 0.3 is 0 Å². The number of nitrogens with zero attached hydrogens (tertiary/aromatic N) is 2. The molecule has 0 amide bonds. The topological polar surface area (TPSA) is 34.9 Å². The van der Waals surface area contributed by atoms with E-state index in [0.717, 1.165) is 12.1 Å². The van der Waals surface area contributed by atoms with E-state index in [1.54, 1.807) is 6.92 Å². The molecule has 0 fully saturated rings. The molecule has 3 nitrogen and oxygen atoms in total. The molecule has 0 aliphatic carbocycles. The van der Waals surface area contributed by atoms with Crippen LogP contribution in [0.3, 0.4) is 0 Å². The summed E-state index contributed by atoms with van der Waals surface area (Å²) in [4.78, 5) is 11.2. The third-order valence-corrected chi connectivity index (χ3v) is 2.60. The standard InChI is InChI=1S/C12H9F3N2O/c1-6-9(7(2)18)5-16-17(6)8-3-10(13)12(15)11(14)4-8/h3-5H,1-2H3. The maximum atomic E-state index is 13.1. The molecule has 6 heteroatoms. The Morgan fingerprint density at radius 2 is 1.78 bits per heavy atom. The number of hydrogen-bond donors (Lipinski definition) is 0. The van der Waals surface area contributed by atoms with Crippen molar-refractivity contribution in [2.75, 3.05) is 0 Å². The summed E-state index contributed by atoms with van der Waals surface area (Å²) in [6.45, 7) is 2.95. The molecule has 0 N–H and O–H groups in total.